The van der Waals surface area contributed by atoms with Gasteiger partial charge in [-0.05, 0) is 31.4 Å². The number of aromatic nitrogens is 1. The summed E-state index contributed by atoms with van der Waals surface area (Å²) in [4.78, 5) is 18.8. The van der Waals surface area contributed by atoms with Gasteiger partial charge >= 0.3 is 0 Å². The minimum absolute atomic E-state index is 0.0766. The number of anilines is 1. The first kappa shape index (κ1) is 17.7. The van der Waals surface area contributed by atoms with E-state index in [1.54, 1.807) is 11.3 Å². The fourth-order valence-corrected chi connectivity index (χ4v) is 3.57. The van der Waals surface area contributed by atoms with Crippen molar-refractivity contribution in [3.63, 3.8) is 0 Å². The fourth-order valence-electron chi connectivity index (χ4n) is 2.69. The zero-order chi connectivity index (χ0) is 17.6. The molecule has 0 spiro atoms. The first-order valence-corrected chi connectivity index (χ1v) is 9.35. The maximum Gasteiger partial charge on any atom is 0.252 e. The van der Waals surface area contributed by atoms with Crippen LogP contribution in [0.1, 0.15) is 24.1 Å². The molecular formula is C18H23N3O3S. The minimum atomic E-state index is -1.21. The summed E-state index contributed by atoms with van der Waals surface area (Å²) >= 11 is 1.59. The standard InChI is InChI=1S/C18H23N3O3S/c1-13-6-2-3-7-16(13)24-11-15(22)17(23)19-10-14-12-25-18(20-14)21-8-4-5-9-21/h2-3,6-7,12,15,22H,4-5,8-11H2,1H3,(H,19,23). The van der Waals surface area contributed by atoms with Gasteiger partial charge in [0, 0.05) is 18.5 Å². The summed E-state index contributed by atoms with van der Waals surface area (Å²) < 4.78 is 5.51. The van der Waals surface area contributed by atoms with E-state index in [-0.39, 0.29) is 6.61 Å². The van der Waals surface area contributed by atoms with E-state index < -0.39 is 12.0 Å². The van der Waals surface area contributed by atoms with Gasteiger partial charge in [0.05, 0.1) is 12.2 Å². The molecule has 0 bridgehead atoms. The van der Waals surface area contributed by atoms with Crippen LogP contribution in [-0.4, -0.2) is 41.8 Å². The lowest BCUT2D eigenvalue weighted by atomic mass is 10.2. The first-order valence-electron chi connectivity index (χ1n) is 8.47. The molecule has 0 aliphatic carbocycles. The van der Waals surface area contributed by atoms with Crippen molar-refractivity contribution in [1.29, 1.82) is 0 Å². The van der Waals surface area contributed by atoms with Crippen molar-refractivity contribution in [2.45, 2.75) is 32.4 Å². The fraction of sp³-hybridized carbons (Fsp3) is 0.444. The predicted octanol–water partition coefficient (Wildman–Crippen LogP) is 2.11. The number of aliphatic hydroxyl groups is 1. The molecule has 1 amide bonds. The molecule has 0 saturated carbocycles. The quantitative estimate of drug-likeness (QED) is 0.790. The smallest absolute Gasteiger partial charge is 0.252 e. The van der Waals surface area contributed by atoms with Crippen LogP contribution < -0.4 is 15.0 Å². The molecule has 2 N–H and O–H groups in total. The van der Waals surface area contributed by atoms with Crippen molar-refractivity contribution < 1.29 is 14.6 Å². The van der Waals surface area contributed by atoms with Crippen LogP contribution in [0.5, 0.6) is 5.75 Å². The summed E-state index contributed by atoms with van der Waals surface area (Å²) in [6, 6.07) is 7.50. The number of hydrogen-bond acceptors (Lipinski definition) is 6. The lowest BCUT2D eigenvalue weighted by Gasteiger charge is -2.14. The molecular weight excluding hydrogens is 338 g/mol. The second kappa shape index (κ2) is 8.31. The van der Waals surface area contributed by atoms with Gasteiger partial charge in [0.2, 0.25) is 0 Å². The summed E-state index contributed by atoms with van der Waals surface area (Å²) in [5, 5.41) is 15.6. The molecule has 1 saturated heterocycles. The Kier molecular flexibility index (Phi) is 5.88. The number of benzene rings is 1. The summed E-state index contributed by atoms with van der Waals surface area (Å²) in [6.07, 6.45) is 1.20. The third kappa shape index (κ3) is 4.70. The molecule has 1 aromatic carbocycles. The highest BCUT2D eigenvalue weighted by atomic mass is 32.1. The number of amides is 1. The SMILES string of the molecule is Cc1ccccc1OCC(O)C(=O)NCc1csc(N2CCCC2)n1. The van der Waals surface area contributed by atoms with Gasteiger partial charge in [0.1, 0.15) is 12.4 Å². The molecule has 6 nitrogen and oxygen atoms in total. The Morgan fingerprint density at radius 3 is 2.92 bits per heavy atom. The second-order valence-electron chi connectivity index (χ2n) is 6.13. The average Bonchev–Trinajstić information content (AvgIpc) is 3.29. The Balaban J connectivity index is 1.44. The topological polar surface area (TPSA) is 74.7 Å². The number of para-hydroxylation sites is 1. The molecule has 25 heavy (non-hydrogen) atoms. The molecule has 3 rings (SSSR count). The molecule has 2 heterocycles. The summed E-state index contributed by atoms with van der Waals surface area (Å²) in [5.41, 5.74) is 1.78. The molecule has 1 unspecified atom stereocenters. The Morgan fingerprint density at radius 1 is 1.40 bits per heavy atom. The first-order chi connectivity index (χ1) is 12.1. The molecule has 1 atom stereocenters. The maximum absolute atomic E-state index is 12.0. The van der Waals surface area contributed by atoms with E-state index in [1.165, 1.54) is 12.8 Å². The van der Waals surface area contributed by atoms with Gasteiger partial charge in [0.25, 0.3) is 5.91 Å². The van der Waals surface area contributed by atoms with E-state index in [0.717, 1.165) is 29.5 Å². The molecule has 134 valence electrons. The number of hydrogen-bond donors (Lipinski definition) is 2. The van der Waals surface area contributed by atoms with Gasteiger partial charge in [-0.15, -0.1) is 11.3 Å². The van der Waals surface area contributed by atoms with Gasteiger partial charge in [0.15, 0.2) is 11.2 Å². The van der Waals surface area contributed by atoms with Crippen LogP contribution in [0.15, 0.2) is 29.6 Å². The summed E-state index contributed by atoms with van der Waals surface area (Å²) in [7, 11) is 0. The number of nitrogens with one attached hydrogen (secondary N) is 1. The molecule has 1 aliphatic rings. The number of carbonyl (C=O) groups excluding carboxylic acids is 1. The highest BCUT2D eigenvalue weighted by molar-refractivity contribution is 7.13. The van der Waals surface area contributed by atoms with Crippen molar-refractivity contribution in [1.82, 2.24) is 10.3 Å². The number of nitrogens with zero attached hydrogens (tertiary/aromatic N) is 2. The third-order valence-electron chi connectivity index (χ3n) is 4.15. The lowest BCUT2D eigenvalue weighted by molar-refractivity contribution is -0.130. The van der Waals surface area contributed by atoms with Crippen molar-refractivity contribution in [2.24, 2.45) is 0 Å². The number of ether oxygens (including phenoxy) is 1. The number of rotatable bonds is 7. The van der Waals surface area contributed by atoms with Crippen LogP contribution in [0.25, 0.3) is 0 Å². The van der Waals surface area contributed by atoms with E-state index in [4.69, 9.17) is 4.74 Å². The van der Waals surface area contributed by atoms with Crippen molar-refractivity contribution in [3.8, 4) is 5.75 Å². The van der Waals surface area contributed by atoms with Gasteiger partial charge in [-0.1, -0.05) is 18.2 Å². The monoisotopic (exact) mass is 361 g/mol. The van der Waals surface area contributed by atoms with Crippen LogP contribution in [-0.2, 0) is 11.3 Å². The van der Waals surface area contributed by atoms with E-state index in [0.29, 0.717) is 12.3 Å². The average molecular weight is 361 g/mol. The van der Waals surface area contributed by atoms with Crippen LogP contribution in [0.3, 0.4) is 0 Å². The van der Waals surface area contributed by atoms with Crippen LogP contribution in [0.4, 0.5) is 5.13 Å². The molecule has 1 aliphatic heterocycles. The Hall–Kier alpha value is -2.12. The predicted molar refractivity (Wildman–Crippen MR) is 98.1 cm³/mol. The summed E-state index contributed by atoms with van der Waals surface area (Å²) in [6.45, 7) is 4.25. The van der Waals surface area contributed by atoms with Crippen molar-refractivity contribution in [3.05, 3.63) is 40.9 Å². The zero-order valence-electron chi connectivity index (χ0n) is 14.3. The molecule has 1 aromatic heterocycles. The molecule has 0 radical (unpaired) electrons. The number of carbonyl (C=O) groups is 1. The number of aliphatic hydroxyl groups excluding tert-OH is 1. The van der Waals surface area contributed by atoms with E-state index >= 15 is 0 Å². The largest absolute Gasteiger partial charge is 0.490 e. The molecule has 2 aromatic rings. The minimum Gasteiger partial charge on any atom is -0.490 e. The third-order valence-corrected chi connectivity index (χ3v) is 5.10. The molecule has 7 heteroatoms. The van der Waals surface area contributed by atoms with Crippen LogP contribution in [0.2, 0.25) is 0 Å². The van der Waals surface area contributed by atoms with E-state index in [9.17, 15) is 9.90 Å². The van der Waals surface area contributed by atoms with Gasteiger partial charge in [-0.3, -0.25) is 4.79 Å². The normalized spacial score (nSPS) is 15.2. The van der Waals surface area contributed by atoms with E-state index in [1.807, 2.05) is 36.6 Å². The van der Waals surface area contributed by atoms with Gasteiger partial charge in [-0.25, -0.2) is 4.98 Å². The Labute approximate surface area is 151 Å². The van der Waals surface area contributed by atoms with E-state index in [2.05, 4.69) is 15.2 Å². The lowest BCUT2D eigenvalue weighted by Crippen LogP contribution is -2.38. The zero-order valence-corrected chi connectivity index (χ0v) is 15.1. The highest BCUT2D eigenvalue weighted by Gasteiger charge is 2.18. The van der Waals surface area contributed by atoms with Crippen LogP contribution in [0, 0.1) is 6.92 Å². The number of thiazole rings is 1. The van der Waals surface area contributed by atoms with Gasteiger partial charge in [-0.2, -0.15) is 0 Å². The number of aryl methyl sites for hydroxylation is 1. The Morgan fingerprint density at radius 2 is 2.16 bits per heavy atom. The Bertz CT molecular complexity index is 713. The maximum atomic E-state index is 12.0. The van der Waals surface area contributed by atoms with Crippen LogP contribution >= 0.6 is 11.3 Å². The molecule has 1 fully saturated rings. The van der Waals surface area contributed by atoms with Gasteiger partial charge < -0.3 is 20.1 Å². The second-order valence-corrected chi connectivity index (χ2v) is 6.96. The van der Waals surface area contributed by atoms with Crippen molar-refractivity contribution in [2.75, 3.05) is 24.6 Å². The highest BCUT2D eigenvalue weighted by Crippen LogP contribution is 2.24. The van der Waals surface area contributed by atoms with Crippen molar-refractivity contribution >= 4 is 22.4 Å². The summed E-state index contributed by atoms with van der Waals surface area (Å²) in [5.74, 6) is 0.216.